The Bertz CT molecular complexity index is 489. The average molecular weight is 265 g/mol. The standard InChI is InChI=1S/C14H19NO4/c1-14(2,3)9-6-10(13(17)15-4)12(18-5)11(7-9)19-8-16/h6-8H,1-5H3,(H,15,17). The molecule has 19 heavy (non-hydrogen) atoms. The zero-order valence-corrected chi connectivity index (χ0v) is 11.9. The van der Waals surface area contributed by atoms with Crippen molar-refractivity contribution in [3.63, 3.8) is 0 Å². The molecule has 0 aliphatic rings. The minimum atomic E-state index is -0.293. The van der Waals surface area contributed by atoms with Gasteiger partial charge in [-0.1, -0.05) is 20.8 Å². The van der Waals surface area contributed by atoms with Crippen molar-refractivity contribution in [1.29, 1.82) is 0 Å². The normalized spacial score (nSPS) is 10.8. The summed E-state index contributed by atoms with van der Waals surface area (Å²) in [5.41, 5.74) is 1.04. The molecule has 0 atom stereocenters. The van der Waals surface area contributed by atoms with Crippen molar-refractivity contribution in [3.8, 4) is 11.5 Å². The highest BCUT2D eigenvalue weighted by atomic mass is 16.5. The van der Waals surface area contributed by atoms with Crippen molar-refractivity contribution in [2.45, 2.75) is 26.2 Å². The Morgan fingerprint density at radius 1 is 1.32 bits per heavy atom. The number of amides is 1. The quantitative estimate of drug-likeness (QED) is 0.844. The van der Waals surface area contributed by atoms with Gasteiger partial charge in [0.05, 0.1) is 12.7 Å². The van der Waals surface area contributed by atoms with Crippen LogP contribution in [0.2, 0.25) is 0 Å². The van der Waals surface area contributed by atoms with Gasteiger partial charge in [-0.05, 0) is 23.1 Å². The van der Waals surface area contributed by atoms with E-state index in [0.717, 1.165) is 5.56 Å². The molecule has 0 saturated carbocycles. The van der Waals surface area contributed by atoms with Gasteiger partial charge < -0.3 is 14.8 Å². The summed E-state index contributed by atoms with van der Waals surface area (Å²) in [6.45, 7) is 6.34. The van der Waals surface area contributed by atoms with Crippen molar-refractivity contribution in [2.24, 2.45) is 0 Å². The molecule has 0 aromatic heterocycles. The first-order valence-electron chi connectivity index (χ1n) is 5.90. The molecular formula is C14H19NO4. The van der Waals surface area contributed by atoms with Crippen molar-refractivity contribution < 1.29 is 19.1 Å². The maximum absolute atomic E-state index is 11.9. The van der Waals surface area contributed by atoms with Crippen LogP contribution >= 0.6 is 0 Å². The number of carbonyl (C=O) groups excluding carboxylic acids is 2. The fourth-order valence-corrected chi connectivity index (χ4v) is 1.69. The number of rotatable bonds is 4. The van der Waals surface area contributed by atoms with Gasteiger partial charge in [-0.25, -0.2) is 0 Å². The first-order valence-corrected chi connectivity index (χ1v) is 5.90. The number of ether oxygens (including phenoxy) is 2. The third kappa shape index (κ3) is 3.24. The predicted octanol–water partition coefficient (Wildman–Crippen LogP) is 1.89. The fraction of sp³-hybridized carbons (Fsp3) is 0.429. The zero-order chi connectivity index (χ0) is 14.6. The first-order chi connectivity index (χ1) is 8.85. The maximum atomic E-state index is 11.9. The van der Waals surface area contributed by atoms with E-state index in [-0.39, 0.29) is 22.8 Å². The second-order valence-corrected chi connectivity index (χ2v) is 5.10. The maximum Gasteiger partial charge on any atom is 0.298 e. The van der Waals surface area contributed by atoms with Gasteiger partial charge in [0.1, 0.15) is 0 Å². The van der Waals surface area contributed by atoms with Crippen LogP contribution in [0.1, 0.15) is 36.7 Å². The van der Waals surface area contributed by atoms with E-state index in [1.165, 1.54) is 14.2 Å². The lowest BCUT2D eigenvalue weighted by Gasteiger charge is -2.22. The second kappa shape index (κ2) is 5.73. The van der Waals surface area contributed by atoms with Gasteiger partial charge in [0.15, 0.2) is 11.5 Å². The number of hydrogen-bond donors (Lipinski definition) is 1. The predicted molar refractivity (Wildman–Crippen MR) is 71.8 cm³/mol. The summed E-state index contributed by atoms with van der Waals surface area (Å²) in [4.78, 5) is 22.5. The minimum absolute atomic E-state index is 0.184. The summed E-state index contributed by atoms with van der Waals surface area (Å²) in [5.74, 6) is 0.196. The number of nitrogens with one attached hydrogen (secondary N) is 1. The second-order valence-electron chi connectivity index (χ2n) is 5.10. The summed E-state index contributed by atoms with van der Waals surface area (Å²) in [6, 6.07) is 3.45. The van der Waals surface area contributed by atoms with E-state index in [1.54, 1.807) is 12.1 Å². The summed E-state index contributed by atoms with van der Waals surface area (Å²) in [5, 5.41) is 2.54. The zero-order valence-electron chi connectivity index (χ0n) is 11.9. The number of methoxy groups -OCH3 is 1. The Hall–Kier alpha value is -2.04. The van der Waals surface area contributed by atoms with E-state index in [4.69, 9.17) is 9.47 Å². The van der Waals surface area contributed by atoms with Crippen molar-refractivity contribution in [1.82, 2.24) is 5.32 Å². The lowest BCUT2D eigenvalue weighted by Crippen LogP contribution is -2.21. The average Bonchev–Trinajstić information content (AvgIpc) is 2.36. The Morgan fingerprint density at radius 3 is 2.37 bits per heavy atom. The summed E-state index contributed by atoms with van der Waals surface area (Å²) in [7, 11) is 2.96. The third-order valence-electron chi connectivity index (χ3n) is 2.77. The van der Waals surface area contributed by atoms with E-state index in [2.05, 4.69) is 5.32 Å². The summed E-state index contributed by atoms with van der Waals surface area (Å²) >= 11 is 0. The molecule has 1 N–H and O–H groups in total. The van der Waals surface area contributed by atoms with Crippen LogP contribution in [-0.4, -0.2) is 26.5 Å². The summed E-state index contributed by atoms with van der Waals surface area (Å²) < 4.78 is 10.1. The van der Waals surface area contributed by atoms with Crippen LogP contribution in [0.4, 0.5) is 0 Å². The lowest BCUT2D eigenvalue weighted by atomic mass is 9.85. The largest absolute Gasteiger partial charge is 0.492 e. The highest BCUT2D eigenvalue weighted by Gasteiger charge is 2.23. The molecule has 0 radical (unpaired) electrons. The van der Waals surface area contributed by atoms with Gasteiger partial charge in [-0.15, -0.1) is 0 Å². The SMILES string of the molecule is CNC(=O)c1cc(C(C)(C)C)cc(OC=O)c1OC. The molecule has 5 nitrogen and oxygen atoms in total. The van der Waals surface area contributed by atoms with E-state index < -0.39 is 0 Å². The number of carbonyl (C=O) groups is 2. The van der Waals surface area contributed by atoms with E-state index in [1.807, 2.05) is 20.8 Å². The Morgan fingerprint density at radius 2 is 1.95 bits per heavy atom. The number of hydrogen-bond acceptors (Lipinski definition) is 4. The molecule has 0 aliphatic heterocycles. The third-order valence-corrected chi connectivity index (χ3v) is 2.77. The lowest BCUT2D eigenvalue weighted by molar-refractivity contribution is -0.120. The highest BCUT2D eigenvalue weighted by Crippen LogP contribution is 2.36. The molecule has 104 valence electrons. The van der Waals surface area contributed by atoms with Gasteiger partial charge in [0, 0.05) is 7.05 Å². The van der Waals surface area contributed by atoms with E-state index >= 15 is 0 Å². The Balaban J connectivity index is 3.53. The van der Waals surface area contributed by atoms with Crippen LogP contribution in [0, 0.1) is 0 Å². The Labute approximate surface area is 112 Å². The van der Waals surface area contributed by atoms with Crippen LogP contribution in [0.15, 0.2) is 12.1 Å². The van der Waals surface area contributed by atoms with Crippen molar-refractivity contribution in [2.75, 3.05) is 14.2 Å². The van der Waals surface area contributed by atoms with Gasteiger partial charge >= 0.3 is 0 Å². The van der Waals surface area contributed by atoms with Gasteiger partial charge in [0.25, 0.3) is 12.4 Å². The fourth-order valence-electron chi connectivity index (χ4n) is 1.69. The summed E-state index contributed by atoms with van der Waals surface area (Å²) in [6.07, 6.45) is 0. The topological polar surface area (TPSA) is 64.6 Å². The van der Waals surface area contributed by atoms with Crippen LogP contribution in [0.5, 0.6) is 11.5 Å². The first kappa shape index (κ1) is 15.0. The van der Waals surface area contributed by atoms with Gasteiger partial charge in [-0.2, -0.15) is 0 Å². The monoisotopic (exact) mass is 265 g/mol. The molecule has 0 bridgehead atoms. The molecule has 0 aliphatic carbocycles. The van der Waals surface area contributed by atoms with Crippen LogP contribution in [0.3, 0.4) is 0 Å². The molecular weight excluding hydrogens is 246 g/mol. The molecule has 0 spiro atoms. The van der Waals surface area contributed by atoms with Gasteiger partial charge in [0.2, 0.25) is 0 Å². The molecule has 0 unspecified atom stereocenters. The molecule has 1 amide bonds. The smallest absolute Gasteiger partial charge is 0.298 e. The number of benzene rings is 1. The Kier molecular flexibility index (Phi) is 4.53. The van der Waals surface area contributed by atoms with Crippen LogP contribution in [-0.2, 0) is 10.2 Å². The molecule has 1 aromatic rings. The molecule has 1 aromatic carbocycles. The minimum Gasteiger partial charge on any atom is -0.492 e. The molecule has 1 rings (SSSR count). The van der Waals surface area contributed by atoms with E-state index in [9.17, 15) is 9.59 Å². The van der Waals surface area contributed by atoms with Crippen LogP contribution in [0.25, 0.3) is 0 Å². The van der Waals surface area contributed by atoms with Crippen molar-refractivity contribution in [3.05, 3.63) is 23.3 Å². The van der Waals surface area contributed by atoms with Crippen molar-refractivity contribution >= 4 is 12.4 Å². The molecule has 0 saturated heterocycles. The highest BCUT2D eigenvalue weighted by molar-refractivity contribution is 5.98. The molecule has 5 heteroatoms. The van der Waals surface area contributed by atoms with E-state index in [0.29, 0.717) is 12.0 Å². The van der Waals surface area contributed by atoms with Crippen LogP contribution < -0.4 is 14.8 Å². The molecule has 0 heterocycles. The molecule has 0 fully saturated rings. The van der Waals surface area contributed by atoms with Gasteiger partial charge in [-0.3, -0.25) is 9.59 Å².